The number of hydrogen-bond donors (Lipinski definition) is 2. The fourth-order valence-electron chi connectivity index (χ4n) is 2.12. The van der Waals surface area contributed by atoms with Crippen LogP contribution in [0.2, 0.25) is 0 Å². The highest BCUT2D eigenvalue weighted by Crippen LogP contribution is 2.29. The van der Waals surface area contributed by atoms with Crippen molar-refractivity contribution >= 4 is 42.4 Å². The molecule has 0 aliphatic carbocycles. The van der Waals surface area contributed by atoms with Gasteiger partial charge in [0.05, 0.1) is 15.9 Å². The lowest BCUT2D eigenvalue weighted by Gasteiger charge is -2.10. The summed E-state index contributed by atoms with van der Waals surface area (Å²) < 4.78 is 28.4. The molecule has 1 heterocycles. The second-order valence-corrected chi connectivity index (χ2v) is 7.24. The van der Waals surface area contributed by atoms with Gasteiger partial charge in [-0.1, -0.05) is 35.6 Å². The highest BCUT2D eigenvalue weighted by atomic mass is 32.2. The molecule has 0 bridgehead atoms. The third kappa shape index (κ3) is 2.57. The van der Waals surface area contributed by atoms with Crippen molar-refractivity contribution in [2.24, 2.45) is 0 Å². The third-order valence-electron chi connectivity index (χ3n) is 3.03. The van der Waals surface area contributed by atoms with Gasteiger partial charge in [-0.3, -0.25) is 4.72 Å². The van der Waals surface area contributed by atoms with Gasteiger partial charge in [-0.05, 0) is 30.7 Å². The Kier molecular flexibility index (Phi) is 3.30. The largest absolute Gasteiger partial charge is 0.398 e. The zero-order chi connectivity index (χ0) is 15.0. The van der Waals surface area contributed by atoms with Crippen LogP contribution in [-0.4, -0.2) is 13.4 Å². The highest BCUT2D eigenvalue weighted by Gasteiger charge is 2.21. The van der Waals surface area contributed by atoms with Crippen molar-refractivity contribution in [1.29, 1.82) is 0 Å². The SMILES string of the molecule is Cc1cccc(N)c1S(=O)(=O)Nc1nc2ccccc2s1. The van der Waals surface area contributed by atoms with E-state index < -0.39 is 10.0 Å². The van der Waals surface area contributed by atoms with E-state index in [-0.39, 0.29) is 10.6 Å². The van der Waals surface area contributed by atoms with Crippen LogP contribution >= 0.6 is 11.3 Å². The molecule has 2 aromatic carbocycles. The van der Waals surface area contributed by atoms with Crippen molar-refractivity contribution in [2.75, 3.05) is 10.5 Å². The standard InChI is InChI=1S/C14H13N3O2S2/c1-9-5-4-6-10(15)13(9)21(18,19)17-14-16-11-7-2-3-8-12(11)20-14/h2-8H,15H2,1H3,(H,16,17). The molecule has 0 aliphatic heterocycles. The van der Waals surface area contributed by atoms with Crippen LogP contribution in [-0.2, 0) is 10.0 Å². The summed E-state index contributed by atoms with van der Waals surface area (Å²) in [5, 5.41) is 0.332. The van der Waals surface area contributed by atoms with E-state index in [2.05, 4.69) is 9.71 Å². The lowest BCUT2D eigenvalue weighted by molar-refractivity contribution is 0.601. The first-order valence-corrected chi connectivity index (χ1v) is 8.51. The van der Waals surface area contributed by atoms with Gasteiger partial charge in [-0.25, -0.2) is 13.4 Å². The van der Waals surface area contributed by atoms with Crippen LogP contribution in [0.5, 0.6) is 0 Å². The molecule has 0 radical (unpaired) electrons. The van der Waals surface area contributed by atoms with E-state index in [0.29, 0.717) is 10.7 Å². The molecule has 0 amide bonds. The van der Waals surface area contributed by atoms with Crippen LogP contribution in [0.1, 0.15) is 5.56 Å². The molecule has 0 atom stereocenters. The molecule has 0 fully saturated rings. The Labute approximate surface area is 126 Å². The van der Waals surface area contributed by atoms with E-state index in [1.165, 1.54) is 11.3 Å². The predicted octanol–water partition coefficient (Wildman–Crippen LogP) is 2.99. The van der Waals surface area contributed by atoms with Crippen LogP contribution in [0.25, 0.3) is 10.2 Å². The summed E-state index contributed by atoms with van der Waals surface area (Å²) in [6.45, 7) is 1.71. The number of hydrogen-bond acceptors (Lipinski definition) is 5. The number of aromatic nitrogens is 1. The van der Waals surface area contributed by atoms with Crippen molar-refractivity contribution in [1.82, 2.24) is 4.98 Å². The zero-order valence-corrected chi connectivity index (χ0v) is 12.8. The Hall–Kier alpha value is -2.12. The molecule has 7 heteroatoms. The first-order valence-electron chi connectivity index (χ1n) is 6.21. The van der Waals surface area contributed by atoms with E-state index in [4.69, 9.17) is 5.73 Å². The fraction of sp³-hybridized carbons (Fsp3) is 0.0714. The van der Waals surface area contributed by atoms with E-state index in [9.17, 15) is 8.42 Å². The summed E-state index contributed by atoms with van der Waals surface area (Å²) in [5.74, 6) is 0. The van der Waals surface area contributed by atoms with E-state index in [1.807, 2.05) is 24.3 Å². The van der Waals surface area contributed by atoms with Crippen LogP contribution in [0.15, 0.2) is 47.4 Å². The highest BCUT2D eigenvalue weighted by molar-refractivity contribution is 7.93. The third-order valence-corrected chi connectivity index (χ3v) is 5.66. The normalized spacial score (nSPS) is 11.7. The van der Waals surface area contributed by atoms with Gasteiger partial charge in [0.1, 0.15) is 4.90 Å². The lowest BCUT2D eigenvalue weighted by Crippen LogP contribution is -2.16. The Morgan fingerprint density at radius 2 is 1.90 bits per heavy atom. The van der Waals surface area contributed by atoms with Crippen molar-refractivity contribution in [3.05, 3.63) is 48.0 Å². The summed E-state index contributed by atoms with van der Waals surface area (Å²) >= 11 is 1.29. The second kappa shape index (κ2) is 5.01. The summed E-state index contributed by atoms with van der Waals surface area (Å²) in [4.78, 5) is 4.37. The number of sulfonamides is 1. The molecule has 0 spiro atoms. The predicted molar refractivity (Wildman–Crippen MR) is 86.0 cm³/mol. The monoisotopic (exact) mass is 319 g/mol. The molecule has 0 saturated carbocycles. The quantitative estimate of drug-likeness (QED) is 0.727. The number of benzene rings is 2. The molecule has 3 aromatic rings. The molecular formula is C14H13N3O2S2. The van der Waals surface area contributed by atoms with Crippen molar-refractivity contribution < 1.29 is 8.42 Å². The van der Waals surface area contributed by atoms with Crippen LogP contribution in [0.3, 0.4) is 0 Å². The first kappa shape index (κ1) is 13.8. The molecular weight excluding hydrogens is 306 g/mol. The molecule has 5 nitrogen and oxygen atoms in total. The van der Waals surface area contributed by atoms with Gasteiger partial charge in [0.2, 0.25) is 0 Å². The average molecular weight is 319 g/mol. The zero-order valence-electron chi connectivity index (χ0n) is 11.2. The molecule has 21 heavy (non-hydrogen) atoms. The maximum absolute atomic E-state index is 12.5. The number of anilines is 2. The number of para-hydroxylation sites is 1. The molecule has 0 saturated heterocycles. The smallest absolute Gasteiger partial charge is 0.265 e. The van der Waals surface area contributed by atoms with Gasteiger partial charge in [0.15, 0.2) is 5.13 Å². The van der Waals surface area contributed by atoms with Gasteiger partial charge in [0.25, 0.3) is 10.0 Å². The Balaban J connectivity index is 2.03. The topological polar surface area (TPSA) is 85.1 Å². The number of fused-ring (bicyclic) bond motifs is 1. The molecule has 1 aromatic heterocycles. The number of nitrogens with two attached hydrogens (primary N) is 1. The van der Waals surface area contributed by atoms with Crippen LogP contribution in [0, 0.1) is 6.92 Å². The van der Waals surface area contributed by atoms with E-state index >= 15 is 0 Å². The fourth-order valence-corrected chi connectivity index (χ4v) is 4.58. The van der Waals surface area contributed by atoms with Gasteiger partial charge in [0, 0.05) is 0 Å². The summed E-state index contributed by atoms with van der Waals surface area (Å²) in [7, 11) is -3.75. The van der Waals surface area contributed by atoms with Gasteiger partial charge >= 0.3 is 0 Å². The van der Waals surface area contributed by atoms with Crippen molar-refractivity contribution in [3.8, 4) is 0 Å². The molecule has 3 N–H and O–H groups in total. The molecule has 0 aliphatic rings. The Bertz CT molecular complexity index is 864. The number of nitrogen functional groups attached to an aromatic ring is 1. The molecule has 0 unspecified atom stereocenters. The Morgan fingerprint density at radius 3 is 2.62 bits per heavy atom. The van der Waals surface area contributed by atoms with Crippen molar-refractivity contribution in [2.45, 2.75) is 11.8 Å². The number of thiazole rings is 1. The molecule has 3 rings (SSSR count). The molecule has 108 valence electrons. The number of rotatable bonds is 3. The minimum Gasteiger partial charge on any atom is -0.398 e. The van der Waals surface area contributed by atoms with Gasteiger partial charge in [-0.2, -0.15) is 0 Å². The van der Waals surface area contributed by atoms with Crippen LogP contribution < -0.4 is 10.5 Å². The maximum Gasteiger partial charge on any atom is 0.265 e. The first-order chi connectivity index (χ1) is 9.97. The Morgan fingerprint density at radius 1 is 1.14 bits per heavy atom. The van der Waals surface area contributed by atoms with Crippen LogP contribution in [0.4, 0.5) is 10.8 Å². The average Bonchev–Trinajstić information content (AvgIpc) is 2.79. The maximum atomic E-state index is 12.5. The van der Waals surface area contributed by atoms with Gasteiger partial charge in [-0.15, -0.1) is 0 Å². The number of aryl methyl sites for hydroxylation is 1. The lowest BCUT2D eigenvalue weighted by atomic mass is 10.2. The number of nitrogens with one attached hydrogen (secondary N) is 1. The van der Waals surface area contributed by atoms with E-state index in [0.717, 1.165) is 10.2 Å². The van der Waals surface area contributed by atoms with E-state index in [1.54, 1.807) is 25.1 Å². The van der Waals surface area contributed by atoms with Crippen molar-refractivity contribution in [3.63, 3.8) is 0 Å². The number of nitrogens with zero attached hydrogens (tertiary/aromatic N) is 1. The second-order valence-electron chi connectivity index (χ2n) is 4.59. The van der Waals surface area contributed by atoms with Gasteiger partial charge < -0.3 is 5.73 Å². The minimum absolute atomic E-state index is 0.101. The summed E-state index contributed by atoms with van der Waals surface area (Å²) in [6.07, 6.45) is 0. The minimum atomic E-state index is -3.75. The summed E-state index contributed by atoms with van der Waals surface area (Å²) in [6, 6.07) is 12.5. The summed E-state index contributed by atoms with van der Waals surface area (Å²) in [5.41, 5.74) is 7.39.